The van der Waals surface area contributed by atoms with Gasteiger partial charge in [0, 0.05) is 25.7 Å². The molecular weight excluding hydrogens is 419 g/mol. The summed E-state index contributed by atoms with van der Waals surface area (Å²) in [5, 5.41) is 13.8. The molecule has 0 N–H and O–H groups in total. The molecule has 1 aromatic carbocycles. The minimum absolute atomic E-state index is 0.140. The summed E-state index contributed by atoms with van der Waals surface area (Å²) in [7, 11) is 1.73. The standard InChI is InChI=1S/C20H19FN8OS/c1-11-17-23-24-18(19-22-12(2)26-31-19)29(17)9-8-28(11)20(30)16-10-15(25-27(16)3)13-4-6-14(21)7-5-13/h4-7,10-11H,8-9H2,1-3H3/t11-/m1/s1. The molecule has 1 aliphatic rings. The van der Waals surface area contributed by atoms with Crippen molar-refractivity contribution in [1.29, 1.82) is 0 Å². The van der Waals surface area contributed by atoms with E-state index in [0.717, 1.165) is 10.6 Å². The number of halogens is 1. The fourth-order valence-electron chi connectivity index (χ4n) is 3.79. The van der Waals surface area contributed by atoms with Crippen molar-refractivity contribution in [2.24, 2.45) is 7.05 Å². The quantitative estimate of drug-likeness (QED) is 0.488. The topological polar surface area (TPSA) is 94.6 Å². The Labute approximate surface area is 181 Å². The molecule has 0 fully saturated rings. The highest BCUT2D eigenvalue weighted by atomic mass is 32.1. The summed E-state index contributed by atoms with van der Waals surface area (Å²) in [4.78, 5) is 19.5. The molecule has 1 atom stereocenters. The first kappa shape index (κ1) is 19.5. The minimum Gasteiger partial charge on any atom is -0.326 e. The Morgan fingerprint density at radius 1 is 1.19 bits per heavy atom. The fraction of sp³-hybridized carbons (Fsp3) is 0.300. The first-order valence-electron chi connectivity index (χ1n) is 9.77. The van der Waals surface area contributed by atoms with Crippen LogP contribution in [0.15, 0.2) is 30.3 Å². The van der Waals surface area contributed by atoms with Crippen LogP contribution in [-0.2, 0) is 13.6 Å². The van der Waals surface area contributed by atoms with E-state index in [0.29, 0.717) is 42.0 Å². The highest BCUT2D eigenvalue weighted by Gasteiger charge is 2.34. The second-order valence-corrected chi connectivity index (χ2v) is 8.15. The highest BCUT2D eigenvalue weighted by Crippen LogP contribution is 2.30. The molecule has 0 bridgehead atoms. The Bertz CT molecular complexity index is 1270. The maximum atomic E-state index is 13.3. The highest BCUT2D eigenvalue weighted by molar-refractivity contribution is 7.09. The summed E-state index contributed by atoms with van der Waals surface area (Å²) in [5.41, 5.74) is 1.83. The van der Waals surface area contributed by atoms with Gasteiger partial charge in [0.1, 0.15) is 17.3 Å². The smallest absolute Gasteiger partial charge is 0.272 e. The average molecular weight is 438 g/mol. The number of fused-ring (bicyclic) bond motifs is 1. The van der Waals surface area contributed by atoms with Crippen molar-refractivity contribution in [3.63, 3.8) is 0 Å². The third-order valence-corrected chi connectivity index (χ3v) is 6.21. The van der Waals surface area contributed by atoms with Crippen LogP contribution < -0.4 is 0 Å². The molecule has 158 valence electrons. The van der Waals surface area contributed by atoms with E-state index in [1.165, 1.54) is 23.7 Å². The molecule has 9 nitrogen and oxygen atoms in total. The van der Waals surface area contributed by atoms with Gasteiger partial charge < -0.3 is 9.47 Å². The van der Waals surface area contributed by atoms with Crippen LogP contribution >= 0.6 is 11.5 Å². The van der Waals surface area contributed by atoms with E-state index in [2.05, 4.69) is 24.7 Å². The third-order valence-electron chi connectivity index (χ3n) is 5.40. The van der Waals surface area contributed by atoms with Gasteiger partial charge in [-0.05, 0) is 55.7 Å². The zero-order valence-corrected chi connectivity index (χ0v) is 18.0. The van der Waals surface area contributed by atoms with E-state index in [-0.39, 0.29) is 17.8 Å². The average Bonchev–Trinajstić information content (AvgIpc) is 3.46. The van der Waals surface area contributed by atoms with Gasteiger partial charge in [-0.1, -0.05) is 0 Å². The predicted octanol–water partition coefficient (Wildman–Crippen LogP) is 2.86. The lowest BCUT2D eigenvalue weighted by molar-refractivity contribution is 0.0627. The molecule has 0 unspecified atom stereocenters. The van der Waals surface area contributed by atoms with Crippen LogP contribution in [0, 0.1) is 12.7 Å². The van der Waals surface area contributed by atoms with E-state index < -0.39 is 0 Å². The van der Waals surface area contributed by atoms with Crippen LogP contribution in [0.4, 0.5) is 4.39 Å². The molecule has 0 spiro atoms. The molecule has 31 heavy (non-hydrogen) atoms. The van der Waals surface area contributed by atoms with Crippen LogP contribution in [0.1, 0.15) is 35.1 Å². The maximum Gasteiger partial charge on any atom is 0.272 e. The van der Waals surface area contributed by atoms with E-state index >= 15 is 0 Å². The first-order valence-corrected chi connectivity index (χ1v) is 10.5. The lowest BCUT2D eigenvalue weighted by Crippen LogP contribution is -2.42. The van der Waals surface area contributed by atoms with Gasteiger partial charge in [-0.25, -0.2) is 9.37 Å². The molecule has 0 aliphatic carbocycles. The van der Waals surface area contributed by atoms with Gasteiger partial charge in [0.05, 0.1) is 11.7 Å². The summed E-state index contributed by atoms with van der Waals surface area (Å²) in [6.07, 6.45) is 0. The van der Waals surface area contributed by atoms with Crippen molar-refractivity contribution in [2.75, 3.05) is 6.54 Å². The fourth-order valence-corrected chi connectivity index (χ4v) is 4.45. The van der Waals surface area contributed by atoms with E-state index in [1.54, 1.807) is 34.8 Å². The van der Waals surface area contributed by atoms with Crippen LogP contribution in [0.2, 0.25) is 0 Å². The van der Waals surface area contributed by atoms with Crippen molar-refractivity contribution in [2.45, 2.75) is 26.4 Å². The normalized spacial score (nSPS) is 15.9. The van der Waals surface area contributed by atoms with Gasteiger partial charge in [-0.3, -0.25) is 9.48 Å². The largest absolute Gasteiger partial charge is 0.326 e. The zero-order valence-electron chi connectivity index (χ0n) is 17.2. The number of aryl methyl sites for hydroxylation is 2. The van der Waals surface area contributed by atoms with E-state index in [1.807, 2.05) is 18.4 Å². The molecule has 1 amide bonds. The number of hydrogen-bond donors (Lipinski definition) is 0. The molecule has 1 aliphatic heterocycles. The van der Waals surface area contributed by atoms with Gasteiger partial charge >= 0.3 is 0 Å². The summed E-state index contributed by atoms with van der Waals surface area (Å²) in [6, 6.07) is 7.52. The van der Waals surface area contributed by atoms with Crippen molar-refractivity contribution in [3.8, 4) is 22.1 Å². The van der Waals surface area contributed by atoms with Crippen molar-refractivity contribution in [3.05, 3.63) is 53.5 Å². The number of amides is 1. The van der Waals surface area contributed by atoms with Gasteiger partial charge in [-0.2, -0.15) is 9.47 Å². The second kappa shape index (κ2) is 7.34. The number of aromatic nitrogens is 7. The monoisotopic (exact) mass is 438 g/mol. The molecular formula is C20H19FN8OS. The number of hydrogen-bond acceptors (Lipinski definition) is 7. The molecule has 0 saturated heterocycles. The van der Waals surface area contributed by atoms with Crippen LogP contribution in [0.25, 0.3) is 22.1 Å². The Morgan fingerprint density at radius 3 is 2.68 bits per heavy atom. The van der Waals surface area contributed by atoms with Gasteiger partial charge in [-0.15, -0.1) is 10.2 Å². The summed E-state index contributed by atoms with van der Waals surface area (Å²) in [6.45, 7) is 4.84. The number of rotatable bonds is 3. The molecule has 3 aromatic heterocycles. The van der Waals surface area contributed by atoms with E-state index in [4.69, 9.17) is 0 Å². The number of carbonyl (C=O) groups is 1. The molecule has 5 rings (SSSR count). The zero-order chi connectivity index (χ0) is 21.7. The molecule has 4 heterocycles. The SMILES string of the molecule is Cc1nsc(-c2nnc3n2CCN(C(=O)c2cc(-c4ccc(F)cc4)nn2C)[C@@H]3C)n1. The Hall–Kier alpha value is -3.47. The minimum atomic E-state index is -0.315. The molecule has 0 radical (unpaired) electrons. The van der Waals surface area contributed by atoms with Crippen molar-refractivity contribution < 1.29 is 9.18 Å². The summed E-state index contributed by atoms with van der Waals surface area (Å²) >= 11 is 1.29. The molecule has 4 aromatic rings. The van der Waals surface area contributed by atoms with Gasteiger partial charge in [0.15, 0.2) is 16.7 Å². The van der Waals surface area contributed by atoms with Crippen molar-refractivity contribution >= 4 is 17.4 Å². The Morgan fingerprint density at radius 2 is 1.97 bits per heavy atom. The lowest BCUT2D eigenvalue weighted by Gasteiger charge is -2.33. The van der Waals surface area contributed by atoms with Crippen LogP contribution in [-0.4, -0.2) is 51.3 Å². The Balaban J connectivity index is 1.43. The van der Waals surface area contributed by atoms with Gasteiger partial charge in [0.25, 0.3) is 5.91 Å². The molecule has 0 saturated carbocycles. The molecule has 11 heteroatoms. The van der Waals surface area contributed by atoms with Crippen molar-refractivity contribution in [1.82, 2.24) is 38.8 Å². The first-order chi connectivity index (χ1) is 14.9. The summed E-state index contributed by atoms with van der Waals surface area (Å²) in [5.74, 6) is 1.64. The summed E-state index contributed by atoms with van der Waals surface area (Å²) < 4.78 is 21.0. The second-order valence-electron chi connectivity index (χ2n) is 7.40. The number of carbonyl (C=O) groups excluding carboxylic acids is 1. The van der Waals surface area contributed by atoms with E-state index in [9.17, 15) is 9.18 Å². The van der Waals surface area contributed by atoms with Crippen LogP contribution in [0.5, 0.6) is 0 Å². The third kappa shape index (κ3) is 3.30. The van der Waals surface area contributed by atoms with Gasteiger partial charge in [0.2, 0.25) is 0 Å². The maximum absolute atomic E-state index is 13.3. The predicted molar refractivity (Wildman–Crippen MR) is 112 cm³/mol. The number of benzene rings is 1. The number of nitrogens with zero attached hydrogens (tertiary/aromatic N) is 8. The van der Waals surface area contributed by atoms with Crippen LogP contribution in [0.3, 0.4) is 0 Å². The Kier molecular flexibility index (Phi) is 4.62. The lowest BCUT2D eigenvalue weighted by atomic mass is 10.1.